The van der Waals surface area contributed by atoms with Crippen LogP contribution in [0.3, 0.4) is 0 Å². The molecule has 0 spiro atoms. The second kappa shape index (κ2) is 7.95. The van der Waals surface area contributed by atoms with Gasteiger partial charge in [0.1, 0.15) is 11.5 Å². The third-order valence-electron chi connectivity index (χ3n) is 2.81. The van der Waals surface area contributed by atoms with Gasteiger partial charge in [-0.05, 0) is 35.4 Å². The van der Waals surface area contributed by atoms with Gasteiger partial charge < -0.3 is 20.5 Å². The van der Waals surface area contributed by atoms with Crippen LogP contribution in [0.1, 0.15) is 0 Å². The molecule has 0 radical (unpaired) electrons. The van der Waals surface area contributed by atoms with E-state index in [1.165, 1.54) is 0 Å². The van der Waals surface area contributed by atoms with Gasteiger partial charge in [-0.25, -0.2) is 9.59 Å². The Bertz CT molecular complexity index is 773. The van der Waals surface area contributed by atoms with E-state index in [2.05, 4.69) is 9.58 Å². The molecule has 0 aliphatic heterocycles. The molecule has 0 aliphatic carbocycles. The predicted molar refractivity (Wildman–Crippen MR) is 82.5 cm³/mol. The number of ether oxygens (including phenoxy) is 2. The maximum atomic E-state index is 11.1. The molecule has 2 rings (SSSR count). The first-order chi connectivity index (χ1) is 11.6. The van der Waals surface area contributed by atoms with E-state index in [0.717, 1.165) is 11.1 Å². The second-order valence-corrected chi connectivity index (χ2v) is 4.38. The minimum atomic E-state index is -0.789. The molecule has 0 atom stereocenters. The average molecular weight is 322 g/mol. The predicted octanol–water partition coefficient (Wildman–Crippen LogP) is 1.77. The SMILES string of the molecule is [N-]=[N+]=CC(=O)Oc1ccc(-c2ccc(OC(=O)C=[N+]=[N-])cc2)cc1. The largest absolute Gasteiger partial charge is 0.419 e. The summed E-state index contributed by atoms with van der Waals surface area (Å²) in [5.41, 5.74) is 18.2. The summed E-state index contributed by atoms with van der Waals surface area (Å²) < 4.78 is 9.79. The van der Waals surface area contributed by atoms with E-state index in [1.807, 2.05) is 0 Å². The monoisotopic (exact) mass is 322 g/mol. The summed E-state index contributed by atoms with van der Waals surface area (Å²) in [5, 5.41) is 0. The van der Waals surface area contributed by atoms with Crippen molar-refractivity contribution in [1.29, 1.82) is 0 Å². The van der Waals surface area contributed by atoms with Crippen LogP contribution < -0.4 is 9.47 Å². The topological polar surface area (TPSA) is 125 Å². The minimum Gasteiger partial charge on any atom is -0.418 e. The molecular formula is C16H10N4O4. The zero-order valence-corrected chi connectivity index (χ0v) is 12.2. The Balaban J connectivity index is 2.08. The third-order valence-corrected chi connectivity index (χ3v) is 2.81. The van der Waals surface area contributed by atoms with Crippen molar-refractivity contribution in [2.45, 2.75) is 0 Å². The molecule has 8 heteroatoms. The van der Waals surface area contributed by atoms with Crippen LogP contribution in [0.2, 0.25) is 0 Å². The molecule has 8 nitrogen and oxygen atoms in total. The normalized spacial score (nSPS) is 9.17. The van der Waals surface area contributed by atoms with Crippen LogP contribution in [0.25, 0.3) is 22.2 Å². The van der Waals surface area contributed by atoms with Crippen LogP contribution in [-0.4, -0.2) is 33.9 Å². The maximum absolute atomic E-state index is 11.1. The Hall–Kier alpha value is -3.86. The number of hydrogen-bond donors (Lipinski definition) is 0. The molecule has 0 saturated heterocycles. The van der Waals surface area contributed by atoms with Crippen molar-refractivity contribution in [2.75, 3.05) is 0 Å². The van der Waals surface area contributed by atoms with Crippen molar-refractivity contribution in [1.82, 2.24) is 0 Å². The van der Waals surface area contributed by atoms with E-state index in [1.54, 1.807) is 48.5 Å². The fraction of sp³-hybridized carbons (Fsp3) is 0. The van der Waals surface area contributed by atoms with Gasteiger partial charge in [-0.3, -0.25) is 0 Å². The molecular weight excluding hydrogens is 312 g/mol. The molecule has 2 aromatic rings. The number of nitrogens with zero attached hydrogens (tertiary/aromatic N) is 4. The third kappa shape index (κ3) is 4.57. The first-order valence-electron chi connectivity index (χ1n) is 6.61. The molecule has 0 saturated carbocycles. The quantitative estimate of drug-likeness (QED) is 0.273. The summed E-state index contributed by atoms with van der Waals surface area (Å²) >= 11 is 0. The van der Waals surface area contributed by atoms with Gasteiger partial charge in [0.25, 0.3) is 0 Å². The van der Waals surface area contributed by atoms with Crippen molar-refractivity contribution in [3.05, 3.63) is 59.6 Å². The van der Waals surface area contributed by atoms with Gasteiger partial charge in [0.15, 0.2) is 0 Å². The van der Waals surface area contributed by atoms with Crippen LogP contribution >= 0.6 is 0 Å². The average Bonchev–Trinajstić information content (AvgIpc) is 2.57. The lowest BCUT2D eigenvalue weighted by atomic mass is 10.1. The van der Waals surface area contributed by atoms with Gasteiger partial charge in [-0.15, -0.1) is 0 Å². The Labute approximate surface area is 136 Å². The maximum Gasteiger partial charge on any atom is 0.419 e. The number of carbonyl (C=O) groups is 2. The summed E-state index contributed by atoms with van der Waals surface area (Å²) in [6.07, 6.45) is 1.30. The van der Waals surface area contributed by atoms with Gasteiger partial charge in [0, 0.05) is 0 Å². The Morgan fingerprint density at radius 2 is 1.04 bits per heavy atom. The molecule has 0 aromatic heterocycles. The van der Waals surface area contributed by atoms with Gasteiger partial charge in [-0.2, -0.15) is 9.58 Å². The Morgan fingerprint density at radius 1 is 0.708 bits per heavy atom. The van der Waals surface area contributed by atoms with Crippen molar-refractivity contribution in [2.24, 2.45) is 0 Å². The number of rotatable bonds is 5. The van der Waals surface area contributed by atoms with Crippen molar-refractivity contribution in [3.63, 3.8) is 0 Å². The highest BCUT2D eigenvalue weighted by molar-refractivity contribution is 6.21. The van der Waals surface area contributed by atoms with Crippen LogP contribution in [-0.2, 0) is 9.59 Å². The molecule has 0 aliphatic rings. The standard InChI is InChI=1S/C16H10N4O4/c17-19-9-15(21)23-13-5-1-11(2-6-13)12-3-7-14(8-4-12)24-16(22)10-20-18/h1-10H. The molecule has 0 fully saturated rings. The fourth-order valence-electron chi connectivity index (χ4n) is 1.81. The summed E-state index contributed by atoms with van der Waals surface area (Å²) in [6.45, 7) is 0. The highest BCUT2D eigenvalue weighted by Gasteiger charge is 2.07. The summed E-state index contributed by atoms with van der Waals surface area (Å²) in [6, 6.07) is 13.3. The fourth-order valence-corrected chi connectivity index (χ4v) is 1.81. The van der Waals surface area contributed by atoms with Crippen molar-refractivity contribution < 1.29 is 28.6 Å². The summed E-state index contributed by atoms with van der Waals surface area (Å²) in [5.74, 6) is -0.972. The van der Waals surface area contributed by atoms with E-state index in [9.17, 15) is 9.59 Å². The van der Waals surface area contributed by atoms with Crippen LogP contribution in [0.4, 0.5) is 0 Å². The zero-order valence-electron chi connectivity index (χ0n) is 12.2. The highest BCUT2D eigenvalue weighted by atomic mass is 16.5. The molecule has 118 valence electrons. The van der Waals surface area contributed by atoms with E-state index in [-0.39, 0.29) is 0 Å². The first-order valence-corrected chi connectivity index (χ1v) is 6.61. The Kier molecular flexibility index (Phi) is 5.47. The van der Waals surface area contributed by atoms with Gasteiger partial charge in [-0.1, -0.05) is 24.3 Å². The molecule has 0 amide bonds. The summed E-state index contributed by atoms with van der Waals surface area (Å²) in [7, 11) is 0. The Morgan fingerprint density at radius 3 is 1.33 bits per heavy atom. The van der Waals surface area contributed by atoms with Crippen LogP contribution in [0.5, 0.6) is 11.5 Å². The zero-order chi connectivity index (χ0) is 17.4. The van der Waals surface area contributed by atoms with E-state index < -0.39 is 11.9 Å². The highest BCUT2D eigenvalue weighted by Crippen LogP contribution is 2.24. The van der Waals surface area contributed by atoms with E-state index in [4.69, 9.17) is 20.5 Å². The number of hydrogen-bond acceptors (Lipinski definition) is 4. The summed E-state index contributed by atoms with van der Waals surface area (Å²) in [4.78, 5) is 27.4. The number of benzene rings is 2. The van der Waals surface area contributed by atoms with Crippen LogP contribution in [0.15, 0.2) is 48.5 Å². The molecule has 0 N–H and O–H groups in total. The lowest BCUT2D eigenvalue weighted by Gasteiger charge is -2.05. The second-order valence-electron chi connectivity index (χ2n) is 4.38. The van der Waals surface area contributed by atoms with Gasteiger partial charge in [0.2, 0.25) is 0 Å². The van der Waals surface area contributed by atoms with Crippen molar-refractivity contribution >= 4 is 24.4 Å². The lowest BCUT2D eigenvalue weighted by Crippen LogP contribution is -2.09. The van der Waals surface area contributed by atoms with E-state index in [0.29, 0.717) is 23.9 Å². The van der Waals surface area contributed by atoms with Crippen LogP contribution in [0, 0.1) is 0 Å². The van der Waals surface area contributed by atoms with Crippen molar-refractivity contribution in [3.8, 4) is 22.6 Å². The van der Waals surface area contributed by atoms with Gasteiger partial charge in [0.05, 0.1) is 0 Å². The minimum absolute atomic E-state index is 0.303. The first kappa shape index (κ1) is 16.5. The molecule has 0 bridgehead atoms. The smallest absolute Gasteiger partial charge is 0.418 e. The molecule has 24 heavy (non-hydrogen) atoms. The van der Waals surface area contributed by atoms with E-state index >= 15 is 0 Å². The molecule has 2 aromatic carbocycles. The number of esters is 2. The molecule has 0 heterocycles. The number of carbonyl (C=O) groups excluding carboxylic acids is 2. The lowest BCUT2D eigenvalue weighted by molar-refractivity contribution is -0.131. The molecule has 0 unspecified atom stereocenters. The van der Waals surface area contributed by atoms with Gasteiger partial charge >= 0.3 is 24.4 Å².